The molecule has 126 valence electrons. The molecule has 0 N–H and O–H groups in total. The van der Waals surface area contributed by atoms with Crippen LogP contribution in [0.25, 0.3) is 28.1 Å². The van der Waals surface area contributed by atoms with Crippen molar-refractivity contribution in [2.24, 2.45) is 0 Å². The van der Waals surface area contributed by atoms with Gasteiger partial charge in [-0.3, -0.25) is 4.40 Å². The van der Waals surface area contributed by atoms with E-state index in [2.05, 4.69) is 9.97 Å². The lowest BCUT2D eigenvalue weighted by Gasteiger charge is -2.09. The third kappa shape index (κ3) is 2.51. The van der Waals surface area contributed by atoms with Gasteiger partial charge in [-0.15, -0.1) is 0 Å². The monoisotopic (exact) mass is 372 g/mol. The van der Waals surface area contributed by atoms with Crippen LogP contribution in [0.1, 0.15) is 11.4 Å². The predicted octanol–water partition coefficient (Wildman–Crippen LogP) is 4.88. The topological polar surface area (TPSA) is 52.3 Å². The van der Waals surface area contributed by atoms with Crippen LogP contribution < -0.4 is 4.74 Å². The van der Waals surface area contributed by atoms with E-state index in [9.17, 15) is 0 Å². The van der Waals surface area contributed by atoms with E-state index in [-0.39, 0.29) is 0 Å². The van der Waals surface area contributed by atoms with Gasteiger partial charge in [-0.2, -0.15) is 4.98 Å². The molecule has 0 aliphatic heterocycles. The van der Waals surface area contributed by atoms with Crippen molar-refractivity contribution < 1.29 is 4.74 Å². The van der Waals surface area contributed by atoms with Crippen LogP contribution >= 0.6 is 23.2 Å². The Balaban J connectivity index is 2.16. The van der Waals surface area contributed by atoms with Gasteiger partial charge in [0.1, 0.15) is 11.3 Å². The van der Waals surface area contributed by atoms with Gasteiger partial charge in [0.2, 0.25) is 5.88 Å². The van der Waals surface area contributed by atoms with Crippen molar-refractivity contribution in [3.8, 4) is 17.3 Å². The Morgan fingerprint density at radius 1 is 0.920 bits per heavy atom. The Kier molecular flexibility index (Phi) is 3.78. The van der Waals surface area contributed by atoms with Crippen LogP contribution in [0.2, 0.25) is 10.0 Å². The van der Waals surface area contributed by atoms with Crippen molar-refractivity contribution in [3.05, 3.63) is 51.8 Å². The zero-order valence-corrected chi connectivity index (χ0v) is 15.4. The number of imidazole rings is 1. The fraction of sp³-hybridized carbons (Fsp3) is 0.167. The molecule has 0 saturated carbocycles. The number of pyridine rings is 1. The van der Waals surface area contributed by atoms with Gasteiger partial charge < -0.3 is 4.74 Å². The second kappa shape index (κ2) is 5.86. The first-order valence-corrected chi connectivity index (χ1v) is 8.41. The molecule has 4 rings (SSSR count). The first kappa shape index (κ1) is 16.1. The molecule has 0 unspecified atom stereocenters. The molecule has 3 heterocycles. The average Bonchev–Trinajstić information content (AvgIpc) is 2.95. The molecule has 25 heavy (non-hydrogen) atoms. The van der Waals surface area contributed by atoms with E-state index >= 15 is 0 Å². The van der Waals surface area contributed by atoms with E-state index in [1.54, 1.807) is 25.3 Å². The zero-order valence-electron chi connectivity index (χ0n) is 13.8. The van der Waals surface area contributed by atoms with Crippen LogP contribution in [0, 0.1) is 13.8 Å². The second-order valence-electron chi connectivity index (χ2n) is 5.73. The summed E-state index contributed by atoms with van der Waals surface area (Å²) in [5, 5.41) is 0.986. The first-order valence-electron chi connectivity index (χ1n) is 7.65. The minimum absolute atomic E-state index is 0.481. The number of methoxy groups -OCH3 is 1. The van der Waals surface area contributed by atoms with E-state index in [4.69, 9.17) is 32.9 Å². The molecule has 7 heteroatoms. The van der Waals surface area contributed by atoms with Gasteiger partial charge in [-0.05, 0) is 38.1 Å². The number of halogens is 2. The molecule has 5 nitrogen and oxygen atoms in total. The van der Waals surface area contributed by atoms with E-state index < -0.39 is 0 Å². The van der Waals surface area contributed by atoms with E-state index in [1.165, 1.54) is 0 Å². The molecule has 4 aromatic rings. The third-order valence-electron chi connectivity index (χ3n) is 4.11. The highest BCUT2D eigenvalue weighted by atomic mass is 35.5. The number of rotatable bonds is 2. The number of fused-ring (bicyclic) bond motifs is 3. The van der Waals surface area contributed by atoms with Gasteiger partial charge >= 0.3 is 0 Å². The summed E-state index contributed by atoms with van der Waals surface area (Å²) in [5.41, 5.74) is 4.99. The fourth-order valence-electron chi connectivity index (χ4n) is 3.01. The van der Waals surface area contributed by atoms with Crippen LogP contribution in [0.15, 0.2) is 30.3 Å². The Labute approximate surface area is 154 Å². The largest absolute Gasteiger partial charge is 0.481 e. The molecular formula is C18H14Cl2N4O. The number of ether oxygens (including phenoxy) is 1. The van der Waals surface area contributed by atoms with Gasteiger partial charge in [0, 0.05) is 11.6 Å². The van der Waals surface area contributed by atoms with Crippen molar-refractivity contribution in [1.82, 2.24) is 19.4 Å². The molecule has 0 spiro atoms. The van der Waals surface area contributed by atoms with Gasteiger partial charge in [0.05, 0.1) is 34.1 Å². The average molecular weight is 373 g/mol. The Morgan fingerprint density at radius 2 is 1.68 bits per heavy atom. The van der Waals surface area contributed by atoms with Crippen LogP contribution in [-0.2, 0) is 0 Å². The van der Waals surface area contributed by atoms with E-state index in [1.807, 2.05) is 30.4 Å². The van der Waals surface area contributed by atoms with Gasteiger partial charge in [-0.25, -0.2) is 9.97 Å². The molecule has 0 saturated heterocycles. The lowest BCUT2D eigenvalue weighted by molar-refractivity contribution is 0.399. The maximum Gasteiger partial charge on any atom is 0.215 e. The predicted molar refractivity (Wildman–Crippen MR) is 99.8 cm³/mol. The Bertz CT molecular complexity index is 1140. The standard InChI is InChI=1S/C18H14Cl2N4O/c1-9-16-10(2)22-17(11-4-5-12(19)13(20)8-11)24(16)18-14(21-9)6-7-15(23-18)25-3/h4-8H,1-3H3. The Hall–Kier alpha value is -2.37. The molecular weight excluding hydrogens is 359 g/mol. The van der Waals surface area contributed by atoms with Crippen molar-refractivity contribution in [2.75, 3.05) is 7.11 Å². The highest BCUT2D eigenvalue weighted by molar-refractivity contribution is 6.42. The van der Waals surface area contributed by atoms with E-state index in [0.717, 1.165) is 33.8 Å². The molecule has 0 aliphatic carbocycles. The minimum atomic E-state index is 0.481. The summed E-state index contributed by atoms with van der Waals surface area (Å²) < 4.78 is 7.27. The Morgan fingerprint density at radius 3 is 2.40 bits per heavy atom. The quantitative estimate of drug-likeness (QED) is 0.503. The smallest absolute Gasteiger partial charge is 0.215 e. The number of hydrogen-bond donors (Lipinski definition) is 0. The van der Waals surface area contributed by atoms with Crippen molar-refractivity contribution >= 4 is 39.9 Å². The molecule has 0 fully saturated rings. The van der Waals surface area contributed by atoms with Crippen LogP contribution in [0.4, 0.5) is 0 Å². The summed E-state index contributed by atoms with van der Waals surface area (Å²) in [4.78, 5) is 14.0. The SMILES string of the molecule is COc1ccc2nc(C)c3c(C)nc(-c4ccc(Cl)c(Cl)c4)n3c2n1. The summed E-state index contributed by atoms with van der Waals surface area (Å²) in [5.74, 6) is 1.26. The van der Waals surface area contributed by atoms with Crippen molar-refractivity contribution in [1.29, 1.82) is 0 Å². The number of aromatic nitrogens is 4. The third-order valence-corrected chi connectivity index (χ3v) is 4.85. The molecule has 0 amide bonds. The molecule has 1 aromatic carbocycles. The molecule has 0 aliphatic rings. The number of nitrogens with zero attached hydrogens (tertiary/aromatic N) is 4. The second-order valence-corrected chi connectivity index (χ2v) is 6.54. The molecule has 0 radical (unpaired) electrons. The maximum atomic E-state index is 6.20. The summed E-state index contributed by atoms with van der Waals surface area (Å²) in [6, 6.07) is 9.15. The summed E-state index contributed by atoms with van der Waals surface area (Å²) in [6.45, 7) is 3.92. The summed E-state index contributed by atoms with van der Waals surface area (Å²) >= 11 is 12.3. The summed E-state index contributed by atoms with van der Waals surface area (Å²) in [7, 11) is 1.59. The molecule has 0 atom stereocenters. The van der Waals surface area contributed by atoms with Crippen molar-refractivity contribution in [3.63, 3.8) is 0 Å². The normalized spacial score (nSPS) is 11.4. The van der Waals surface area contributed by atoms with E-state index in [0.29, 0.717) is 21.6 Å². The maximum absolute atomic E-state index is 6.20. The first-order chi connectivity index (χ1) is 12.0. The highest BCUT2D eigenvalue weighted by Gasteiger charge is 2.18. The van der Waals surface area contributed by atoms with Crippen LogP contribution in [0.3, 0.4) is 0 Å². The minimum Gasteiger partial charge on any atom is -0.481 e. The zero-order chi connectivity index (χ0) is 17.7. The van der Waals surface area contributed by atoms with Gasteiger partial charge in [-0.1, -0.05) is 23.2 Å². The van der Waals surface area contributed by atoms with Crippen LogP contribution in [0.5, 0.6) is 5.88 Å². The lowest BCUT2D eigenvalue weighted by atomic mass is 10.2. The van der Waals surface area contributed by atoms with Crippen LogP contribution in [-0.4, -0.2) is 26.5 Å². The molecule has 0 bridgehead atoms. The van der Waals surface area contributed by atoms with Gasteiger partial charge in [0.25, 0.3) is 0 Å². The fourth-order valence-corrected chi connectivity index (χ4v) is 3.31. The summed E-state index contributed by atoms with van der Waals surface area (Å²) in [6.07, 6.45) is 0. The highest BCUT2D eigenvalue weighted by Crippen LogP contribution is 2.32. The van der Waals surface area contributed by atoms with Gasteiger partial charge in [0.15, 0.2) is 5.65 Å². The molecule has 3 aromatic heterocycles. The number of aryl methyl sites for hydroxylation is 2. The van der Waals surface area contributed by atoms with Crippen molar-refractivity contribution in [2.45, 2.75) is 13.8 Å². The number of benzene rings is 1. The number of hydrogen-bond acceptors (Lipinski definition) is 4. The lowest BCUT2D eigenvalue weighted by Crippen LogP contribution is -2.00.